The number of hydrogen-bond acceptors (Lipinski definition) is 4. The maximum absolute atomic E-state index is 12.5. The minimum atomic E-state index is -0.360. The highest BCUT2D eigenvalue weighted by Gasteiger charge is 2.18. The van der Waals surface area contributed by atoms with Crippen LogP contribution in [0.2, 0.25) is 0 Å². The van der Waals surface area contributed by atoms with E-state index in [4.69, 9.17) is 4.74 Å². The highest BCUT2D eigenvalue weighted by molar-refractivity contribution is 5.94. The number of para-hydroxylation sites is 1. The second kappa shape index (κ2) is 8.84. The fraction of sp³-hybridized carbons (Fsp3) is 0.263. The summed E-state index contributed by atoms with van der Waals surface area (Å²) in [5.41, 5.74) is 1.86. The van der Waals surface area contributed by atoms with E-state index < -0.39 is 0 Å². The van der Waals surface area contributed by atoms with Crippen molar-refractivity contribution < 1.29 is 14.3 Å². The van der Waals surface area contributed by atoms with Crippen molar-refractivity contribution in [2.75, 3.05) is 32.1 Å². The second-order valence-electron chi connectivity index (χ2n) is 5.50. The van der Waals surface area contributed by atoms with Gasteiger partial charge in [-0.3, -0.25) is 14.5 Å². The van der Waals surface area contributed by atoms with Crippen LogP contribution >= 0.6 is 0 Å². The van der Waals surface area contributed by atoms with Crippen molar-refractivity contribution in [3.05, 3.63) is 66.2 Å². The van der Waals surface area contributed by atoms with Crippen LogP contribution in [0.4, 0.5) is 5.69 Å². The number of benzene rings is 2. The molecule has 0 unspecified atom stereocenters. The molecule has 0 heterocycles. The zero-order valence-electron chi connectivity index (χ0n) is 14.0. The van der Waals surface area contributed by atoms with E-state index in [1.807, 2.05) is 60.7 Å². The van der Waals surface area contributed by atoms with E-state index in [0.717, 1.165) is 11.3 Å². The number of carbonyl (C=O) groups excluding carboxylic acids is 2. The van der Waals surface area contributed by atoms with Crippen molar-refractivity contribution in [3.8, 4) is 0 Å². The van der Waals surface area contributed by atoms with Gasteiger partial charge in [0.1, 0.15) is 0 Å². The maximum atomic E-state index is 12.5. The van der Waals surface area contributed by atoms with Gasteiger partial charge in [0.25, 0.3) is 0 Å². The molecule has 1 amide bonds. The number of esters is 1. The molecule has 126 valence electrons. The Bertz CT molecular complexity index is 659. The number of carbonyl (C=O) groups is 2. The van der Waals surface area contributed by atoms with Crippen LogP contribution in [0.25, 0.3) is 0 Å². The fourth-order valence-corrected chi connectivity index (χ4v) is 2.35. The molecular weight excluding hydrogens is 304 g/mol. The first-order valence-electron chi connectivity index (χ1n) is 7.75. The van der Waals surface area contributed by atoms with Crippen molar-refractivity contribution >= 4 is 17.6 Å². The lowest BCUT2D eigenvalue weighted by Gasteiger charge is -2.24. The number of rotatable bonds is 7. The van der Waals surface area contributed by atoms with Gasteiger partial charge < -0.3 is 9.64 Å². The van der Waals surface area contributed by atoms with Crippen LogP contribution in [0.3, 0.4) is 0 Å². The molecular formula is C19H22N2O3. The molecule has 0 saturated heterocycles. The largest absolute Gasteiger partial charge is 0.468 e. The Hall–Kier alpha value is -2.66. The number of hydrogen-bond donors (Lipinski definition) is 0. The molecule has 0 fully saturated rings. The monoisotopic (exact) mass is 326 g/mol. The SMILES string of the molecule is COC(=O)CN(CC(=O)N(C)c1ccccc1)Cc1ccccc1. The van der Waals surface area contributed by atoms with Gasteiger partial charge in [-0.1, -0.05) is 48.5 Å². The molecule has 0 aliphatic heterocycles. The van der Waals surface area contributed by atoms with Gasteiger partial charge in [0.15, 0.2) is 0 Å². The average molecular weight is 326 g/mol. The molecule has 0 radical (unpaired) electrons. The minimum absolute atomic E-state index is 0.0692. The summed E-state index contributed by atoms with van der Waals surface area (Å²) >= 11 is 0. The van der Waals surface area contributed by atoms with E-state index >= 15 is 0 Å². The van der Waals surface area contributed by atoms with E-state index in [0.29, 0.717) is 6.54 Å². The van der Waals surface area contributed by atoms with Gasteiger partial charge in [0, 0.05) is 19.3 Å². The van der Waals surface area contributed by atoms with E-state index in [-0.39, 0.29) is 25.0 Å². The van der Waals surface area contributed by atoms with Gasteiger partial charge in [-0.2, -0.15) is 0 Å². The summed E-state index contributed by atoms with van der Waals surface area (Å²) < 4.78 is 4.74. The smallest absolute Gasteiger partial charge is 0.319 e. The summed E-state index contributed by atoms with van der Waals surface area (Å²) in [6.45, 7) is 0.708. The molecule has 0 spiro atoms. The van der Waals surface area contributed by atoms with E-state index in [1.165, 1.54) is 7.11 Å². The summed E-state index contributed by atoms with van der Waals surface area (Å²) in [7, 11) is 3.08. The first-order valence-corrected chi connectivity index (χ1v) is 7.75. The Labute approximate surface area is 142 Å². The lowest BCUT2D eigenvalue weighted by molar-refractivity contribution is -0.142. The predicted molar refractivity (Wildman–Crippen MR) is 93.6 cm³/mol. The number of methoxy groups -OCH3 is 1. The average Bonchev–Trinajstić information content (AvgIpc) is 2.62. The third kappa shape index (κ3) is 5.21. The molecule has 0 aliphatic carbocycles. The number of ether oxygens (including phenoxy) is 1. The van der Waals surface area contributed by atoms with Crippen LogP contribution in [-0.4, -0.2) is 44.0 Å². The number of anilines is 1. The van der Waals surface area contributed by atoms with E-state index in [2.05, 4.69) is 0 Å². The van der Waals surface area contributed by atoms with Gasteiger partial charge in [0.05, 0.1) is 20.2 Å². The van der Waals surface area contributed by atoms with Crippen LogP contribution in [0.1, 0.15) is 5.56 Å². The van der Waals surface area contributed by atoms with E-state index in [1.54, 1.807) is 16.8 Å². The Morgan fingerprint density at radius 1 is 0.917 bits per heavy atom. The van der Waals surface area contributed by atoms with Crippen LogP contribution < -0.4 is 4.90 Å². The molecule has 2 aromatic carbocycles. The maximum Gasteiger partial charge on any atom is 0.319 e. The van der Waals surface area contributed by atoms with Crippen molar-refractivity contribution in [2.24, 2.45) is 0 Å². The number of likely N-dealkylation sites (N-methyl/N-ethyl adjacent to an activating group) is 1. The van der Waals surface area contributed by atoms with Crippen molar-refractivity contribution in [3.63, 3.8) is 0 Å². The molecule has 0 bridgehead atoms. The molecule has 0 N–H and O–H groups in total. The molecule has 2 aromatic rings. The standard InChI is InChI=1S/C19H22N2O3/c1-20(17-11-7-4-8-12-17)18(22)14-21(15-19(23)24-2)13-16-9-5-3-6-10-16/h3-12H,13-15H2,1-2H3. The van der Waals surface area contributed by atoms with Crippen LogP contribution in [0, 0.1) is 0 Å². The summed E-state index contributed by atoms with van der Waals surface area (Å²) in [4.78, 5) is 27.6. The quantitative estimate of drug-likeness (QED) is 0.733. The Morgan fingerprint density at radius 2 is 1.50 bits per heavy atom. The van der Waals surface area contributed by atoms with Gasteiger partial charge in [0.2, 0.25) is 5.91 Å². The first kappa shape index (κ1) is 17.7. The fourth-order valence-electron chi connectivity index (χ4n) is 2.35. The molecule has 5 nitrogen and oxygen atoms in total. The molecule has 24 heavy (non-hydrogen) atoms. The van der Waals surface area contributed by atoms with Crippen molar-refractivity contribution in [1.82, 2.24) is 4.90 Å². The van der Waals surface area contributed by atoms with Crippen LogP contribution in [0.5, 0.6) is 0 Å². The van der Waals surface area contributed by atoms with E-state index in [9.17, 15) is 9.59 Å². The highest BCUT2D eigenvalue weighted by Crippen LogP contribution is 2.12. The van der Waals surface area contributed by atoms with Gasteiger partial charge in [-0.25, -0.2) is 0 Å². The molecule has 0 aliphatic rings. The lowest BCUT2D eigenvalue weighted by Crippen LogP contribution is -2.40. The molecule has 0 saturated carbocycles. The molecule has 0 atom stereocenters. The predicted octanol–water partition coefficient (Wildman–Crippen LogP) is 2.32. The van der Waals surface area contributed by atoms with Gasteiger partial charge >= 0.3 is 5.97 Å². The van der Waals surface area contributed by atoms with Gasteiger partial charge in [-0.15, -0.1) is 0 Å². The topological polar surface area (TPSA) is 49.9 Å². The molecule has 2 rings (SSSR count). The lowest BCUT2D eigenvalue weighted by atomic mass is 10.2. The Kier molecular flexibility index (Phi) is 6.51. The summed E-state index contributed by atoms with van der Waals surface area (Å²) in [5, 5.41) is 0. The molecule has 5 heteroatoms. The Balaban J connectivity index is 2.06. The zero-order chi connectivity index (χ0) is 17.4. The highest BCUT2D eigenvalue weighted by atomic mass is 16.5. The number of amides is 1. The Morgan fingerprint density at radius 3 is 2.08 bits per heavy atom. The second-order valence-corrected chi connectivity index (χ2v) is 5.50. The third-order valence-corrected chi connectivity index (χ3v) is 3.71. The summed E-state index contributed by atoms with van der Waals surface area (Å²) in [6.07, 6.45) is 0. The summed E-state index contributed by atoms with van der Waals surface area (Å²) in [5.74, 6) is -0.442. The third-order valence-electron chi connectivity index (χ3n) is 3.71. The first-order chi connectivity index (χ1) is 11.6. The summed E-state index contributed by atoms with van der Waals surface area (Å²) in [6, 6.07) is 19.2. The number of nitrogens with zero attached hydrogens (tertiary/aromatic N) is 2. The van der Waals surface area contributed by atoms with Crippen molar-refractivity contribution in [1.29, 1.82) is 0 Å². The van der Waals surface area contributed by atoms with Crippen LogP contribution in [-0.2, 0) is 20.9 Å². The molecule has 0 aromatic heterocycles. The normalized spacial score (nSPS) is 10.5. The minimum Gasteiger partial charge on any atom is -0.468 e. The van der Waals surface area contributed by atoms with Crippen LogP contribution in [0.15, 0.2) is 60.7 Å². The zero-order valence-corrected chi connectivity index (χ0v) is 14.0. The van der Waals surface area contributed by atoms with Gasteiger partial charge in [-0.05, 0) is 17.7 Å². The van der Waals surface area contributed by atoms with Crippen molar-refractivity contribution in [2.45, 2.75) is 6.54 Å².